The molecule has 4 nitrogen and oxygen atoms in total. The van der Waals surface area contributed by atoms with Crippen molar-refractivity contribution in [3.05, 3.63) is 54.1 Å². The summed E-state index contributed by atoms with van der Waals surface area (Å²) in [6.07, 6.45) is 5.33. The smallest absolute Gasteiger partial charge is 0.248 e. The van der Waals surface area contributed by atoms with Crippen LogP contribution in [0.15, 0.2) is 53.4 Å². The van der Waals surface area contributed by atoms with E-state index in [-0.39, 0.29) is 12.0 Å². The monoisotopic (exact) mass is 357 g/mol. The van der Waals surface area contributed by atoms with Crippen molar-refractivity contribution in [1.82, 2.24) is 0 Å². The summed E-state index contributed by atoms with van der Waals surface area (Å²) in [4.78, 5) is 13.2. The maximum absolute atomic E-state index is 12.0. The first kappa shape index (κ1) is 18.9. The Hall–Kier alpha value is -2.40. The lowest BCUT2D eigenvalue weighted by atomic mass is 10.2. The molecular weight excluding hydrogens is 334 g/mol. The van der Waals surface area contributed by atoms with Gasteiger partial charge in [0.05, 0.1) is 13.2 Å². The van der Waals surface area contributed by atoms with Crippen LogP contribution in [0.2, 0.25) is 0 Å². The molecule has 0 aromatic heterocycles. The van der Waals surface area contributed by atoms with Gasteiger partial charge < -0.3 is 14.8 Å². The minimum Gasteiger partial charge on any atom is -0.493 e. The maximum atomic E-state index is 12.0. The quantitative estimate of drug-likeness (QED) is 0.568. The van der Waals surface area contributed by atoms with Crippen LogP contribution in [0.25, 0.3) is 6.08 Å². The van der Waals surface area contributed by atoms with Crippen LogP contribution in [0.3, 0.4) is 0 Å². The second-order valence-corrected chi connectivity index (χ2v) is 6.51. The van der Waals surface area contributed by atoms with Crippen LogP contribution in [0.1, 0.15) is 19.4 Å². The summed E-state index contributed by atoms with van der Waals surface area (Å²) in [5.74, 6) is 1.15. The van der Waals surface area contributed by atoms with Gasteiger partial charge in [0.2, 0.25) is 5.91 Å². The lowest BCUT2D eigenvalue weighted by Crippen LogP contribution is -2.07. The highest BCUT2D eigenvalue weighted by Crippen LogP contribution is 2.29. The largest absolute Gasteiger partial charge is 0.493 e. The number of nitrogens with one attached hydrogen (secondary N) is 1. The zero-order chi connectivity index (χ0) is 18.2. The van der Waals surface area contributed by atoms with Crippen molar-refractivity contribution in [3.63, 3.8) is 0 Å². The average Bonchev–Trinajstić information content (AvgIpc) is 2.61. The minimum absolute atomic E-state index is 0.0681. The Morgan fingerprint density at radius 3 is 2.44 bits per heavy atom. The number of hydrogen-bond donors (Lipinski definition) is 1. The Labute approximate surface area is 153 Å². The average molecular weight is 357 g/mol. The maximum Gasteiger partial charge on any atom is 0.248 e. The molecule has 0 aliphatic heterocycles. The number of carbonyl (C=O) groups is 1. The number of hydrogen-bond acceptors (Lipinski definition) is 4. The molecule has 1 N–H and O–H groups in total. The summed E-state index contributed by atoms with van der Waals surface area (Å²) in [5.41, 5.74) is 1.63. The standard InChI is InChI=1S/C20H23NO3S/c1-14(2)24-18-11-5-15(13-19(18)23-3)6-12-20(22)21-16-7-9-17(25-4)10-8-16/h5-14H,1-4H3,(H,21,22)/b12-6+. The Balaban J connectivity index is 2.03. The number of methoxy groups -OCH3 is 1. The summed E-state index contributed by atoms with van der Waals surface area (Å²) in [6, 6.07) is 13.3. The molecule has 2 rings (SSSR count). The SMILES string of the molecule is COc1cc(/C=C/C(=O)Nc2ccc(SC)cc2)ccc1OC(C)C. The first-order chi connectivity index (χ1) is 12.0. The van der Waals surface area contributed by atoms with Crippen molar-refractivity contribution in [3.8, 4) is 11.5 Å². The molecule has 0 spiro atoms. The highest BCUT2D eigenvalue weighted by Gasteiger charge is 2.06. The van der Waals surface area contributed by atoms with E-state index in [2.05, 4.69) is 5.32 Å². The molecule has 0 saturated carbocycles. The number of amides is 1. The van der Waals surface area contributed by atoms with Crippen LogP contribution in [-0.4, -0.2) is 25.4 Å². The molecule has 132 valence electrons. The molecule has 5 heteroatoms. The van der Waals surface area contributed by atoms with Gasteiger partial charge in [0.1, 0.15) is 0 Å². The highest BCUT2D eigenvalue weighted by atomic mass is 32.2. The molecule has 2 aromatic rings. The van der Waals surface area contributed by atoms with E-state index >= 15 is 0 Å². The lowest BCUT2D eigenvalue weighted by molar-refractivity contribution is -0.111. The van der Waals surface area contributed by atoms with E-state index in [0.29, 0.717) is 11.5 Å². The second kappa shape index (κ2) is 9.18. The number of thioether (sulfide) groups is 1. The lowest BCUT2D eigenvalue weighted by Gasteiger charge is -2.13. The molecule has 0 aliphatic rings. The Morgan fingerprint density at radius 2 is 1.84 bits per heavy atom. The number of ether oxygens (including phenoxy) is 2. The normalized spacial score (nSPS) is 10.9. The zero-order valence-corrected chi connectivity index (χ0v) is 15.7. The molecule has 1 amide bonds. The predicted octanol–water partition coefficient (Wildman–Crippen LogP) is 4.86. The third kappa shape index (κ3) is 5.87. The van der Waals surface area contributed by atoms with Gasteiger partial charge in [0.25, 0.3) is 0 Å². The Morgan fingerprint density at radius 1 is 1.12 bits per heavy atom. The van der Waals surface area contributed by atoms with E-state index in [1.807, 2.05) is 62.6 Å². The van der Waals surface area contributed by atoms with Crippen LogP contribution in [-0.2, 0) is 4.79 Å². The van der Waals surface area contributed by atoms with E-state index in [1.165, 1.54) is 6.08 Å². The first-order valence-electron chi connectivity index (χ1n) is 7.99. The van der Waals surface area contributed by atoms with Crippen molar-refractivity contribution in [2.24, 2.45) is 0 Å². The van der Waals surface area contributed by atoms with Gasteiger partial charge in [-0.15, -0.1) is 11.8 Å². The fourth-order valence-electron chi connectivity index (χ4n) is 2.17. The summed E-state index contributed by atoms with van der Waals surface area (Å²) >= 11 is 1.66. The molecule has 0 bridgehead atoms. The summed E-state index contributed by atoms with van der Waals surface area (Å²) in [5, 5.41) is 2.84. The topological polar surface area (TPSA) is 47.6 Å². The van der Waals surface area contributed by atoms with Crippen molar-refractivity contribution in [2.45, 2.75) is 24.8 Å². The third-order valence-corrected chi connectivity index (χ3v) is 4.08. The zero-order valence-electron chi connectivity index (χ0n) is 14.9. The molecule has 0 heterocycles. The van der Waals surface area contributed by atoms with Crippen LogP contribution >= 0.6 is 11.8 Å². The number of anilines is 1. The summed E-state index contributed by atoms with van der Waals surface area (Å²) < 4.78 is 11.0. The van der Waals surface area contributed by atoms with Crippen LogP contribution in [0.4, 0.5) is 5.69 Å². The minimum atomic E-state index is -0.182. The molecule has 0 atom stereocenters. The van der Waals surface area contributed by atoms with E-state index in [0.717, 1.165) is 16.1 Å². The van der Waals surface area contributed by atoms with Gasteiger partial charge in [-0.05, 0) is 68.1 Å². The molecular formula is C20H23NO3S. The van der Waals surface area contributed by atoms with Crippen LogP contribution < -0.4 is 14.8 Å². The van der Waals surface area contributed by atoms with Gasteiger partial charge >= 0.3 is 0 Å². The molecule has 0 aliphatic carbocycles. The predicted molar refractivity (Wildman–Crippen MR) is 105 cm³/mol. The van der Waals surface area contributed by atoms with Crippen molar-refractivity contribution < 1.29 is 14.3 Å². The molecule has 0 saturated heterocycles. The fourth-order valence-corrected chi connectivity index (χ4v) is 2.58. The van der Waals surface area contributed by atoms with Gasteiger partial charge in [-0.25, -0.2) is 0 Å². The highest BCUT2D eigenvalue weighted by molar-refractivity contribution is 7.98. The fraction of sp³-hybridized carbons (Fsp3) is 0.250. The Kier molecular flexibility index (Phi) is 6.95. The number of rotatable bonds is 7. The van der Waals surface area contributed by atoms with E-state index in [1.54, 1.807) is 24.9 Å². The van der Waals surface area contributed by atoms with Crippen LogP contribution in [0.5, 0.6) is 11.5 Å². The molecule has 0 radical (unpaired) electrons. The molecule has 2 aromatic carbocycles. The number of benzene rings is 2. The van der Waals surface area contributed by atoms with E-state index in [4.69, 9.17) is 9.47 Å². The van der Waals surface area contributed by atoms with Gasteiger partial charge in [0, 0.05) is 16.7 Å². The van der Waals surface area contributed by atoms with Crippen LogP contribution in [0, 0.1) is 0 Å². The molecule has 0 unspecified atom stereocenters. The van der Waals surface area contributed by atoms with Gasteiger partial charge in [-0.3, -0.25) is 4.79 Å². The van der Waals surface area contributed by atoms with E-state index in [9.17, 15) is 4.79 Å². The summed E-state index contributed by atoms with van der Waals surface area (Å²) in [6.45, 7) is 3.92. The van der Waals surface area contributed by atoms with Crippen molar-refractivity contribution >= 4 is 29.4 Å². The van der Waals surface area contributed by atoms with Crippen molar-refractivity contribution in [1.29, 1.82) is 0 Å². The van der Waals surface area contributed by atoms with Gasteiger partial charge in [-0.1, -0.05) is 6.07 Å². The van der Waals surface area contributed by atoms with Crippen molar-refractivity contribution in [2.75, 3.05) is 18.7 Å². The molecule has 0 fully saturated rings. The van der Waals surface area contributed by atoms with Gasteiger partial charge in [0.15, 0.2) is 11.5 Å². The Bertz CT molecular complexity index is 739. The first-order valence-corrected chi connectivity index (χ1v) is 9.22. The van der Waals surface area contributed by atoms with E-state index < -0.39 is 0 Å². The summed E-state index contributed by atoms with van der Waals surface area (Å²) in [7, 11) is 1.60. The number of carbonyl (C=O) groups excluding carboxylic acids is 1. The third-order valence-electron chi connectivity index (χ3n) is 3.34. The van der Waals surface area contributed by atoms with Gasteiger partial charge in [-0.2, -0.15) is 0 Å². The second-order valence-electron chi connectivity index (χ2n) is 5.63. The molecule has 25 heavy (non-hydrogen) atoms.